The number of hydrogen-bond acceptors (Lipinski definition) is 4. The summed E-state index contributed by atoms with van der Waals surface area (Å²) in [6, 6.07) is 5.55. The highest BCUT2D eigenvalue weighted by Crippen LogP contribution is 2.20. The van der Waals surface area contributed by atoms with Crippen LogP contribution in [-0.4, -0.2) is 45.3 Å². The molecule has 0 spiro atoms. The molecule has 1 amide bonds. The summed E-state index contributed by atoms with van der Waals surface area (Å²) < 4.78 is 7.47. The van der Waals surface area contributed by atoms with E-state index in [4.69, 9.17) is 4.74 Å². The maximum Gasteiger partial charge on any atom is 0.272 e. The fraction of sp³-hybridized carbons (Fsp3) is 0.471. The second kappa shape index (κ2) is 6.81. The van der Waals surface area contributed by atoms with Crippen LogP contribution in [0.3, 0.4) is 0 Å². The Morgan fingerprint density at radius 2 is 2.17 bits per heavy atom. The van der Waals surface area contributed by atoms with Gasteiger partial charge in [0.05, 0.1) is 12.3 Å². The summed E-state index contributed by atoms with van der Waals surface area (Å²) >= 11 is 0. The van der Waals surface area contributed by atoms with Crippen LogP contribution in [0, 0.1) is 12.8 Å². The second-order valence-corrected chi connectivity index (χ2v) is 6.05. The van der Waals surface area contributed by atoms with Crippen LogP contribution in [0.15, 0.2) is 30.6 Å². The van der Waals surface area contributed by atoms with Crippen molar-refractivity contribution in [3.63, 3.8) is 0 Å². The van der Waals surface area contributed by atoms with Crippen LogP contribution in [-0.2, 0) is 7.05 Å². The van der Waals surface area contributed by atoms with Crippen molar-refractivity contribution in [3.05, 3.63) is 42.0 Å². The molecule has 1 fully saturated rings. The molecule has 0 aromatic carbocycles. The minimum atomic E-state index is 0.0571. The predicted octanol–water partition coefficient (Wildman–Crippen LogP) is 2.05. The third-order valence-electron chi connectivity index (χ3n) is 4.16. The molecule has 3 rings (SSSR count). The molecule has 1 aliphatic heterocycles. The van der Waals surface area contributed by atoms with Crippen molar-refractivity contribution in [1.82, 2.24) is 19.7 Å². The van der Waals surface area contributed by atoms with E-state index in [1.807, 2.05) is 37.1 Å². The zero-order valence-electron chi connectivity index (χ0n) is 13.6. The molecule has 0 radical (unpaired) electrons. The SMILES string of the molecule is Cc1cc(C(=O)N2CCCC(COc3ccncc3)C2)n(C)n1. The number of hydrogen-bond donors (Lipinski definition) is 0. The first kappa shape index (κ1) is 15.5. The number of ether oxygens (including phenoxy) is 1. The Labute approximate surface area is 136 Å². The van der Waals surface area contributed by atoms with Gasteiger partial charge in [0, 0.05) is 38.4 Å². The average Bonchev–Trinajstić information content (AvgIpc) is 2.92. The Kier molecular flexibility index (Phi) is 4.60. The van der Waals surface area contributed by atoms with E-state index in [0.29, 0.717) is 18.2 Å². The Morgan fingerprint density at radius 1 is 1.39 bits per heavy atom. The van der Waals surface area contributed by atoms with Crippen LogP contribution >= 0.6 is 0 Å². The Hall–Kier alpha value is -2.37. The van der Waals surface area contributed by atoms with Crippen LogP contribution in [0.5, 0.6) is 5.75 Å². The van der Waals surface area contributed by atoms with E-state index in [-0.39, 0.29) is 5.91 Å². The molecule has 3 heterocycles. The highest BCUT2D eigenvalue weighted by molar-refractivity contribution is 5.92. The van der Waals surface area contributed by atoms with E-state index in [1.54, 1.807) is 17.1 Å². The maximum absolute atomic E-state index is 12.7. The summed E-state index contributed by atoms with van der Waals surface area (Å²) in [7, 11) is 1.81. The Morgan fingerprint density at radius 3 is 2.87 bits per heavy atom. The summed E-state index contributed by atoms with van der Waals surface area (Å²) in [5.74, 6) is 1.24. The molecule has 122 valence electrons. The quantitative estimate of drug-likeness (QED) is 0.866. The van der Waals surface area contributed by atoms with Gasteiger partial charge in [-0.3, -0.25) is 14.5 Å². The summed E-state index contributed by atoms with van der Waals surface area (Å²) in [6.45, 7) is 4.06. The fourth-order valence-electron chi connectivity index (χ4n) is 3.01. The van der Waals surface area contributed by atoms with Crippen molar-refractivity contribution < 1.29 is 9.53 Å². The number of aromatic nitrogens is 3. The summed E-state index contributed by atoms with van der Waals surface area (Å²) in [5.41, 5.74) is 1.52. The lowest BCUT2D eigenvalue weighted by molar-refractivity contribution is 0.0622. The first-order valence-electron chi connectivity index (χ1n) is 7.96. The monoisotopic (exact) mass is 314 g/mol. The van der Waals surface area contributed by atoms with Gasteiger partial charge in [-0.25, -0.2) is 0 Å². The number of nitrogens with zero attached hydrogens (tertiary/aromatic N) is 4. The molecule has 23 heavy (non-hydrogen) atoms. The zero-order chi connectivity index (χ0) is 16.2. The topological polar surface area (TPSA) is 60.3 Å². The largest absolute Gasteiger partial charge is 0.493 e. The van der Waals surface area contributed by atoms with E-state index in [0.717, 1.165) is 37.4 Å². The van der Waals surface area contributed by atoms with Crippen molar-refractivity contribution in [3.8, 4) is 5.75 Å². The zero-order valence-corrected chi connectivity index (χ0v) is 13.6. The highest BCUT2D eigenvalue weighted by Gasteiger charge is 2.26. The highest BCUT2D eigenvalue weighted by atomic mass is 16.5. The Bertz CT molecular complexity index is 668. The number of piperidine rings is 1. The van der Waals surface area contributed by atoms with E-state index in [2.05, 4.69) is 10.1 Å². The van der Waals surface area contributed by atoms with Crippen molar-refractivity contribution in [2.24, 2.45) is 13.0 Å². The number of pyridine rings is 1. The first-order chi connectivity index (χ1) is 11.1. The van der Waals surface area contributed by atoms with Gasteiger partial charge in [0.25, 0.3) is 5.91 Å². The molecule has 6 heteroatoms. The third kappa shape index (κ3) is 3.70. The van der Waals surface area contributed by atoms with Gasteiger partial charge in [0.15, 0.2) is 0 Å². The molecule has 2 aromatic heterocycles. The van der Waals surface area contributed by atoms with Crippen LogP contribution in [0.4, 0.5) is 0 Å². The molecule has 0 saturated carbocycles. The van der Waals surface area contributed by atoms with E-state index in [1.165, 1.54) is 0 Å². The number of rotatable bonds is 4. The molecule has 1 saturated heterocycles. The number of carbonyl (C=O) groups is 1. The maximum atomic E-state index is 12.7. The first-order valence-corrected chi connectivity index (χ1v) is 7.96. The predicted molar refractivity (Wildman–Crippen MR) is 86.3 cm³/mol. The van der Waals surface area contributed by atoms with Crippen LogP contribution in [0.1, 0.15) is 29.0 Å². The van der Waals surface area contributed by atoms with E-state index >= 15 is 0 Å². The van der Waals surface area contributed by atoms with Crippen molar-refractivity contribution in [2.45, 2.75) is 19.8 Å². The van der Waals surface area contributed by atoms with Gasteiger partial charge in [-0.1, -0.05) is 0 Å². The molecule has 0 N–H and O–H groups in total. The molecule has 1 atom stereocenters. The normalized spacial score (nSPS) is 18.0. The van der Waals surface area contributed by atoms with Crippen molar-refractivity contribution >= 4 is 5.91 Å². The minimum Gasteiger partial charge on any atom is -0.493 e. The fourth-order valence-corrected chi connectivity index (χ4v) is 3.01. The van der Waals surface area contributed by atoms with Crippen molar-refractivity contribution in [2.75, 3.05) is 19.7 Å². The number of likely N-dealkylation sites (tertiary alicyclic amines) is 1. The minimum absolute atomic E-state index is 0.0571. The lowest BCUT2D eigenvalue weighted by atomic mass is 9.98. The lowest BCUT2D eigenvalue weighted by Gasteiger charge is -2.32. The molecular formula is C17H22N4O2. The van der Waals surface area contributed by atoms with E-state index < -0.39 is 0 Å². The number of aryl methyl sites for hydroxylation is 2. The van der Waals surface area contributed by atoms with Crippen LogP contribution in [0.2, 0.25) is 0 Å². The lowest BCUT2D eigenvalue weighted by Crippen LogP contribution is -2.42. The molecule has 1 aliphatic rings. The molecule has 2 aromatic rings. The van der Waals surface area contributed by atoms with Gasteiger partial charge in [-0.2, -0.15) is 5.10 Å². The summed E-state index contributed by atoms with van der Waals surface area (Å²) in [4.78, 5) is 18.6. The van der Waals surface area contributed by atoms with Crippen LogP contribution in [0.25, 0.3) is 0 Å². The van der Waals surface area contributed by atoms with Gasteiger partial charge in [-0.15, -0.1) is 0 Å². The molecule has 0 aliphatic carbocycles. The molecule has 1 unspecified atom stereocenters. The van der Waals surface area contributed by atoms with Gasteiger partial charge in [-0.05, 0) is 38.0 Å². The molecule has 6 nitrogen and oxygen atoms in total. The van der Waals surface area contributed by atoms with Crippen LogP contribution < -0.4 is 4.74 Å². The molecule has 0 bridgehead atoms. The van der Waals surface area contributed by atoms with Gasteiger partial charge in [0.2, 0.25) is 0 Å². The third-order valence-corrected chi connectivity index (χ3v) is 4.16. The average molecular weight is 314 g/mol. The smallest absolute Gasteiger partial charge is 0.272 e. The number of carbonyl (C=O) groups excluding carboxylic acids is 1. The second-order valence-electron chi connectivity index (χ2n) is 6.05. The Balaban J connectivity index is 1.59. The van der Waals surface area contributed by atoms with Gasteiger partial charge >= 0.3 is 0 Å². The van der Waals surface area contributed by atoms with Gasteiger partial charge in [0.1, 0.15) is 11.4 Å². The van der Waals surface area contributed by atoms with E-state index in [9.17, 15) is 4.79 Å². The van der Waals surface area contributed by atoms with Crippen molar-refractivity contribution in [1.29, 1.82) is 0 Å². The summed E-state index contributed by atoms with van der Waals surface area (Å²) in [6.07, 6.45) is 5.53. The molecular weight excluding hydrogens is 292 g/mol. The van der Waals surface area contributed by atoms with Gasteiger partial charge < -0.3 is 9.64 Å². The number of amides is 1. The summed E-state index contributed by atoms with van der Waals surface area (Å²) in [5, 5.41) is 4.26. The standard InChI is InChI=1S/C17H22N4O2/c1-13-10-16(20(2)19-13)17(22)21-9-3-4-14(11-21)12-23-15-5-7-18-8-6-15/h5-8,10,14H,3-4,9,11-12H2,1-2H3.